The molecule has 0 atom stereocenters. The molecule has 0 aliphatic heterocycles. The first kappa shape index (κ1) is 17.8. The number of ether oxygens (including phenoxy) is 1. The maximum atomic E-state index is 11.3. The van der Waals surface area contributed by atoms with Gasteiger partial charge in [0, 0.05) is 17.5 Å². The predicted molar refractivity (Wildman–Crippen MR) is 107 cm³/mol. The summed E-state index contributed by atoms with van der Waals surface area (Å²) in [5.41, 5.74) is 10.7. The minimum Gasteiger partial charge on any atom is -0.488 e. The van der Waals surface area contributed by atoms with Gasteiger partial charge in [-0.15, -0.1) is 0 Å². The summed E-state index contributed by atoms with van der Waals surface area (Å²) in [6, 6.07) is 20.7. The first-order valence-corrected chi connectivity index (χ1v) is 8.90. The van der Waals surface area contributed by atoms with E-state index >= 15 is 0 Å². The third-order valence-corrected chi connectivity index (χ3v) is 4.65. The Hall–Kier alpha value is -3.57. The second-order valence-corrected chi connectivity index (χ2v) is 6.47. The summed E-state index contributed by atoms with van der Waals surface area (Å²) in [6.45, 7) is 0.702. The first-order valence-electron chi connectivity index (χ1n) is 8.90. The van der Waals surface area contributed by atoms with Crippen molar-refractivity contribution >= 4 is 16.9 Å². The van der Waals surface area contributed by atoms with Crippen LogP contribution >= 0.6 is 0 Å². The van der Waals surface area contributed by atoms with Gasteiger partial charge in [-0.1, -0.05) is 36.4 Å². The van der Waals surface area contributed by atoms with Gasteiger partial charge in [-0.25, -0.2) is 4.79 Å². The van der Waals surface area contributed by atoms with Gasteiger partial charge in [-0.05, 0) is 47.0 Å². The quantitative estimate of drug-likeness (QED) is 0.505. The molecule has 0 radical (unpaired) electrons. The van der Waals surface area contributed by atoms with Gasteiger partial charge < -0.3 is 20.0 Å². The molecule has 28 heavy (non-hydrogen) atoms. The Bertz CT molecular complexity index is 1150. The van der Waals surface area contributed by atoms with Gasteiger partial charge in [0.05, 0.1) is 6.26 Å². The molecule has 4 rings (SSSR count). The summed E-state index contributed by atoms with van der Waals surface area (Å²) in [5.74, 6) is -0.689. The molecule has 0 aliphatic rings. The number of nitrogens with two attached hydrogens (primary N) is 1. The molecule has 0 bridgehead atoms. The van der Waals surface area contributed by atoms with Gasteiger partial charge in [0.15, 0.2) is 0 Å². The molecular weight excluding hydrogens is 354 g/mol. The van der Waals surface area contributed by atoms with E-state index in [0.29, 0.717) is 12.3 Å². The van der Waals surface area contributed by atoms with Gasteiger partial charge >= 0.3 is 5.97 Å². The maximum Gasteiger partial charge on any atom is 0.339 e. The largest absolute Gasteiger partial charge is 0.488 e. The van der Waals surface area contributed by atoms with Crippen LogP contribution in [0.4, 0.5) is 0 Å². The molecule has 0 aliphatic carbocycles. The molecule has 1 aromatic heterocycles. The molecule has 5 heteroatoms. The lowest BCUT2D eigenvalue weighted by Crippen LogP contribution is -2.02. The normalized spacial score (nSPS) is 10.9. The lowest BCUT2D eigenvalue weighted by atomic mass is 10.0. The summed E-state index contributed by atoms with van der Waals surface area (Å²) < 4.78 is 11.4. The van der Waals surface area contributed by atoms with Crippen molar-refractivity contribution < 1.29 is 19.1 Å². The summed E-state index contributed by atoms with van der Waals surface area (Å²) in [6.07, 6.45) is 1.65. The van der Waals surface area contributed by atoms with Crippen LogP contribution in [0.15, 0.2) is 77.4 Å². The summed E-state index contributed by atoms with van der Waals surface area (Å²) in [7, 11) is 0. The standard InChI is InChI=1S/C23H19NO4/c24-12-15-4-3-5-16(10-15)17-8-9-22-20(11-17)18(14-28-22)13-27-21-7-2-1-6-19(21)23(25)26/h1-11,14H,12-13,24H2,(H,25,26). The lowest BCUT2D eigenvalue weighted by molar-refractivity contribution is 0.0692. The SMILES string of the molecule is NCc1cccc(-c2ccc3occ(COc4ccccc4C(=O)O)c3c2)c1. The van der Waals surface area contributed by atoms with Crippen molar-refractivity contribution in [3.05, 3.63) is 89.7 Å². The van der Waals surface area contributed by atoms with E-state index in [2.05, 4.69) is 12.1 Å². The minimum atomic E-state index is -1.02. The fourth-order valence-electron chi connectivity index (χ4n) is 3.18. The zero-order valence-corrected chi connectivity index (χ0v) is 15.1. The third-order valence-electron chi connectivity index (χ3n) is 4.65. The number of furan rings is 1. The maximum absolute atomic E-state index is 11.3. The van der Waals surface area contributed by atoms with Gasteiger partial charge in [0.25, 0.3) is 0 Å². The van der Waals surface area contributed by atoms with Crippen molar-refractivity contribution in [2.45, 2.75) is 13.2 Å². The van der Waals surface area contributed by atoms with Crippen molar-refractivity contribution in [2.24, 2.45) is 5.73 Å². The first-order chi connectivity index (χ1) is 13.7. The number of para-hydroxylation sites is 1. The van der Waals surface area contributed by atoms with Crippen molar-refractivity contribution in [3.8, 4) is 16.9 Å². The number of hydrogen-bond donors (Lipinski definition) is 2. The summed E-state index contributed by atoms with van der Waals surface area (Å²) >= 11 is 0. The molecule has 0 saturated heterocycles. The highest BCUT2D eigenvalue weighted by Gasteiger charge is 2.13. The van der Waals surface area contributed by atoms with Crippen molar-refractivity contribution in [2.75, 3.05) is 0 Å². The molecule has 0 unspecified atom stereocenters. The molecule has 140 valence electrons. The molecule has 5 nitrogen and oxygen atoms in total. The van der Waals surface area contributed by atoms with Gasteiger partial charge in [0.1, 0.15) is 23.5 Å². The Kier molecular flexibility index (Phi) is 4.83. The van der Waals surface area contributed by atoms with E-state index in [1.54, 1.807) is 24.5 Å². The van der Waals surface area contributed by atoms with Crippen LogP contribution in [0.25, 0.3) is 22.1 Å². The van der Waals surface area contributed by atoms with E-state index in [1.165, 1.54) is 6.07 Å². The fourth-order valence-corrected chi connectivity index (χ4v) is 3.18. The zero-order chi connectivity index (χ0) is 19.5. The number of aromatic carboxylic acids is 1. The summed E-state index contributed by atoms with van der Waals surface area (Å²) in [5, 5.41) is 10.2. The van der Waals surface area contributed by atoms with E-state index in [4.69, 9.17) is 14.9 Å². The minimum absolute atomic E-state index is 0.134. The van der Waals surface area contributed by atoms with E-state index in [1.807, 2.05) is 30.3 Å². The molecule has 0 saturated carbocycles. The Morgan fingerprint density at radius 2 is 1.82 bits per heavy atom. The van der Waals surface area contributed by atoms with E-state index < -0.39 is 5.97 Å². The number of hydrogen-bond acceptors (Lipinski definition) is 4. The van der Waals surface area contributed by atoms with Gasteiger partial charge in [0.2, 0.25) is 0 Å². The molecular formula is C23H19NO4. The molecule has 3 aromatic carbocycles. The van der Waals surface area contributed by atoms with E-state index in [9.17, 15) is 9.90 Å². The Balaban J connectivity index is 1.64. The van der Waals surface area contributed by atoms with Crippen LogP contribution in [0.1, 0.15) is 21.5 Å². The average molecular weight is 373 g/mol. The molecule has 1 heterocycles. The highest BCUT2D eigenvalue weighted by Crippen LogP contribution is 2.29. The van der Waals surface area contributed by atoms with Gasteiger partial charge in [-0.2, -0.15) is 0 Å². The number of rotatable bonds is 6. The number of fused-ring (bicyclic) bond motifs is 1. The molecule has 4 aromatic rings. The van der Waals surface area contributed by atoms with Crippen LogP contribution in [0.2, 0.25) is 0 Å². The van der Waals surface area contributed by atoms with Crippen LogP contribution < -0.4 is 10.5 Å². The Morgan fingerprint density at radius 3 is 2.64 bits per heavy atom. The Labute approximate surface area is 162 Å². The number of benzene rings is 3. The second-order valence-electron chi connectivity index (χ2n) is 6.47. The van der Waals surface area contributed by atoms with Crippen LogP contribution in [0.3, 0.4) is 0 Å². The van der Waals surface area contributed by atoms with E-state index in [0.717, 1.165) is 33.2 Å². The second kappa shape index (κ2) is 7.58. The van der Waals surface area contributed by atoms with Crippen LogP contribution in [0.5, 0.6) is 5.75 Å². The lowest BCUT2D eigenvalue weighted by Gasteiger charge is -2.08. The molecule has 0 amide bonds. The van der Waals surface area contributed by atoms with Gasteiger partial charge in [-0.3, -0.25) is 0 Å². The number of carbonyl (C=O) groups is 1. The van der Waals surface area contributed by atoms with Crippen LogP contribution in [-0.4, -0.2) is 11.1 Å². The van der Waals surface area contributed by atoms with Crippen molar-refractivity contribution in [1.29, 1.82) is 0 Å². The highest BCUT2D eigenvalue weighted by atomic mass is 16.5. The molecule has 0 spiro atoms. The fraction of sp³-hybridized carbons (Fsp3) is 0.0870. The molecule has 0 fully saturated rings. The topological polar surface area (TPSA) is 85.7 Å². The monoisotopic (exact) mass is 373 g/mol. The van der Waals surface area contributed by atoms with Crippen LogP contribution in [0, 0.1) is 0 Å². The smallest absolute Gasteiger partial charge is 0.339 e. The Morgan fingerprint density at radius 1 is 1.00 bits per heavy atom. The number of carboxylic acid groups (broad SMARTS) is 1. The molecule has 3 N–H and O–H groups in total. The summed E-state index contributed by atoms with van der Waals surface area (Å²) in [4.78, 5) is 11.3. The highest BCUT2D eigenvalue weighted by molar-refractivity contribution is 5.91. The van der Waals surface area contributed by atoms with Crippen LogP contribution in [-0.2, 0) is 13.2 Å². The average Bonchev–Trinajstić information content (AvgIpc) is 3.14. The van der Waals surface area contributed by atoms with Crippen molar-refractivity contribution in [1.82, 2.24) is 0 Å². The zero-order valence-electron chi connectivity index (χ0n) is 15.1. The number of carboxylic acids is 1. The van der Waals surface area contributed by atoms with Crippen molar-refractivity contribution in [3.63, 3.8) is 0 Å². The third kappa shape index (κ3) is 3.48. The predicted octanol–water partition coefficient (Wildman–Crippen LogP) is 4.84. The van der Waals surface area contributed by atoms with E-state index in [-0.39, 0.29) is 12.2 Å².